The van der Waals surface area contributed by atoms with Crippen LogP contribution in [0, 0.1) is 0 Å². The van der Waals surface area contributed by atoms with Crippen LogP contribution in [0.3, 0.4) is 0 Å². The topological polar surface area (TPSA) is 9.23 Å². The van der Waals surface area contributed by atoms with Crippen LogP contribution in [-0.4, -0.2) is 14.9 Å². The first-order valence-electron chi connectivity index (χ1n) is 7.66. The van der Waals surface area contributed by atoms with Gasteiger partial charge in [-0.2, -0.15) is 0 Å². The Bertz CT molecular complexity index is 356. The fourth-order valence-electron chi connectivity index (χ4n) is 1.50. The van der Waals surface area contributed by atoms with E-state index in [4.69, 9.17) is 4.43 Å². The van der Waals surface area contributed by atoms with Crippen LogP contribution >= 0.6 is 0 Å². The Morgan fingerprint density at radius 2 is 1.70 bits per heavy atom. The molecule has 0 atom stereocenters. The fourth-order valence-corrected chi connectivity index (χ4v) is 2.52. The average molecular weight is 295 g/mol. The summed E-state index contributed by atoms with van der Waals surface area (Å²) in [4.78, 5) is 0. The van der Waals surface area contributed by atoms with Crippen LogP contribution in [-0.2, 0) is 4.43 Å². The van der Waals surface area contributed by atoms with Gasteiger partial charge in [-0.1, -0.05) is 50.1 Å². The van der Waals surface area contributed by atoms with Crippen LogP contribution in [0.1, 0.15) is 53.9 Å². The minimum Gasteiger partial charge on any atom is -0.413 e. The Hall–Kier alpha value is -0.603. The van der Waals surface area contributed by atoms with Gasteiger partial charge in [0.25, 0.3) is 0 Å². The van der Waals surface area contributed by atoms with Crippen molar-refractivity contribution in [3.8, 4) is 0 Å². The molecule has 0 spiro atoms. The van der Waals surface area contributed by atoms with Crippen molar-refractivity contribution in [1.29, 1.82) is 0 Å². The molecule has 0 aliphatic heterocycles. The Morgan fingerprint density at radius 1 is 1.10 bits per heavy atom. The Kier molecular flexibility index (Phi) is 8.37. The molecule has 0 heterocycles. The van der Waals surface area contributed by atoms with Crippen molar-refractivity contribution in [1.82, 2.24) is 0 Å². The van der Waals surface area contributed by atoms with Gasteiger partial charge in [0.1, 0.15) is 0 Å². The molecule has 1 nitrogen and oxygen atoms in total. The van der Waals surface area contributed by atoms with Crippen molar-refractivity contribution in [2.45, 2.75) is 72.0 Å². The van der Waals surface area contributed by atoms with E-state index in [1.54, 1.807) is 0 Å². The van der Waals surface area contributed by atoms with Crippen LogP contribution in [0.15, 0.2) is 36.0 Å². The maximum Gasteiger partial charge on any atom is 0.192 e. The minimum atomic E-state index is -1.61. The molecule has 0 amide bonds. The molecule has 0 bridgehead atoms. The monoisotopic (exact) mass is 294 g/mol. The summed E-state index contributed by atoms with van der Waals surface area (Å²) >= 11 is 0. The summed E-state index contributed by atoms with van der Waals surface area (Å²) in [7, 11) is -1.61. The molecule has 116 valence electrons. The summed E-state index contributed by atoms with van der Waals surface area (Å²) in [6.07, 6.45) is 9.72. The molecule has 0 aliphatic carbocycles. The van der Waals surface area contributed by atoms with Crippen molar-refractivity contribution in [3.63, 3.8) is 0 Å². The van der Waals surface area contributed by atoms with Gasteiger partial charge in [0.2, 0.25) is 0 Å². The Morgan fingerprint density at radius 3 is 2.20 bits per heavy atom. The highest BCUT2D eigenvalue weighted by molar-refractivity contribution is 6.74. The first-order valence-corrected chi connectivity index (χ1v) is 10.6. The maximum atomic E-state index is 6.22. The molecular weight excluding hydrogens is 260 g/mol. The van der Waals surface area contributed by atoms with Crippen molar-refractivity contribution < 1.29 is 4.43 Å². The summed E-state index contributed by atoms with van der Waals surface area (Å²) in [5.41, 5.74) is 2.80. The lowest BCUT2D eigenvalue weighted by Crippen LogP contribution is -2.41. The van der Waals surface area contributed by atoms with E-state index in [9.17, 15) is 0 Å². The van der Waals surface area contributed by atoms with Crippen LogP contribution in [0.25, 0.3) is 0 Å². The van der Waals surface area contributed by atoms with Crippen LogP contribution < -0.4 is 0 Å². The van der Waals surface area contributed by atoms with E-state index in [1.165, 1.54) is 11.1 Å². The van der Waals surface area contributed by atoms with E-state index < -0.39 is 8.32 Å². The van der Waals surface area contributed by atoms with Crippen molar-refractivity contribution in [3.05, 3.63) is 36.0 Å². The largest absolute Gasteiger partial charge is 0.413 e. The molecular formula is C18H34OSi. The normalized spacial score (nSPS) is 14.6. The predicted octanol–water partition coefficient (Wildman–Crippen LogP) is 6.26. The molecule has 0 fully saturated rings. The smallest absolute Gasteiger partial charge is 0.192 e. The van der Waals surface area contributed by atoms with Crippen molar-refractivity contribution in [2.75, 3.05) is 6.61 Å². The molecule has 2 heteroatoms. The van der Waals surface area contributed by atoms with Gasteiger partial charge in [0.15, 0.2) is 8.32 Å². The average Bonchev–Trinajstić information content (AvgIpc) is 2.32. The van der Waals surface area contributed by atoms with E-state index in [2.05, 4.69) is 66.4 Å². The maximum absolute atomic E-state index is 6.22. The second-order valence-electron chi connectivity index (χ2n) is 7.21. The van der Waals surface area contributed by atoms with Crippen molar-refractivity contribution in [2.24, 2.45) is 0 Å². The molecule has 0 aliphatic rings. The van der Waals surface area contributed by atoms with Gasteiger partial charge < -0.3 is 4.43 Å². The summed E-state index contributed by atoms with van der Waals surface area (Å²) < 4.78 is 6.22. The molecule has 0 N–H and O–H groups in total. The molecule has 0 unspecified atom stereocenters. The van der Waals surface area contributed by atoms with Gasteiger partial charge in [-0.05, 0) is 51.2 Å². The highest BCUT2D eigenvalue weighted by Crippen LogP contribution is 2.36. The summed E-state index contributed by atoms with van der Waals surface area (Å²) in [6, 6.07) is 0. The number of hydrogen-bond donors (Lipinski definition) is 0. The number of rotatable bonds is 8. The standard InChI is InChI=1S/C18H34OSi/c1-9-10-12-16(2)13-11-14-17(3)15-19-20(7,8)18(4,5)6/h9,12,14H,1,10-11,13,15H2,2-8H3/b16-12+,17-14+. The molecule has 0 saturated heterocycles. The van der Waals surface area contributed by atoms with E-state index >= 15 is 0 Å². The summed E-state index contributed by atoms with van der Waals surface area (Å²) in [5.74, 6) is 0. The lowest BCUT2D eigenvalue weighted by Gasteiger charge is -2.36. The molecule has 0 radical (unpaired) electrons. The zero-order valence-corrected chi connectivity index (χ0v) is 15.7. The van der Waals surface area contributed by atoms with Gasteiger partial charge in [0, 0.05) is 0 Å². The summed E-state index contributed by atoms with van der Waals surface area (Å²) in [5, 5.41) is 0.289. The second kappa shape index (κ2) is 8.63. The quantitative estimate of drug-likeness (QED) is 0.379. The zero-order valence-electron chi connectivity index (χ0n) is 14.7. The highest BCUT2D eigenvalue weighted by Gasteiger charge is 2.36. The first kappa shape index (κ1) is 19.4. The zero-order chi connectivity index (χ0) is 15.8. The van der Waals surface area contributed by atoms with Gasteiger partial charge in [-0.15, -0.1) is 6.58 Å². The van der Waals surface area contributed by atoms with E-state index in [0.717, 1.165) is 25.9 Å². The Balaban J connectivity index is 4.19. The first-order chi connectivity index (χ1) is 9.10. The lowest BCUT2D eigenvalue weighted by molar-refractivity contribution is 0.318. The van der Waals surface area contributed by atoms with Gasteiger partial charge in [-0.25, -0.2) is 0 Å². The third kappa shape index (κ3) is 7.86. The molecule has 0 aromatic carbocycles. The van der Waals surface area contributed by atoms with Gasteiger partial charge >= 0.3 is 0 Å². The molecule has 0 saturated carbocycles. The van der Waals surface area contributed by atoms with E-state index in [0.29, 0.717) is 0 Å². The van der Waals surface area contributed by atoms with Gasteiger partial charge in [0.05, 0.1) is 6.61 Å². The molecule has 0 aromatic rings. The molecule has 0 rings (SSSR count). The van der Waals surface area contributed by atoms with Crippen LogP contribution in [0.4, 0.5) is 0 Å². The Labute approximate surface area is 127 Å². The molecule has 0 aromatic heterocycles. The van der Waals surface area contributed by atoms with E-state index in [-0.39, 0.29) is 5.04 Å². The fraction of sp³-hybridized carbons (Fsp3) is 0.667. The van der Waals surface area contributed by atoms with Crippen molar-refractivity contribution >= 4 is 8.32 Å². The third-order valence-corrected chi connectivity index (χ3v) is 8.61. The third-order valence-electron chi connectivity index (χ3n) is 4.13. The van der Waals surface area contributed by atoms with Crippen LogP contribution in [0.2, 0.25) is 18.1 Å². The SMILES string of the molecule is C=CC/C=C(\C)CC/C=C(\C)CO[Si](C)(C)C(C)(C)C. The molecule has 20 heavy (non-hydrogen) atoms. The highest BCUT2D eigenvalue weighted by atomic mass is 28.4. The second-order valence-corrected chi connectivity index (χ2v) is 12.0. The number of allylic oxidation sites excluding steroid dienone is 4. The predicted molar refractivity (Wildman–Crippen MR) is 94.7 cm³/mol. The number of hydrogen-bond acceptors (Lipinski definition) is 1. The minimum absolute atomic E-state index is 0.289. The van der Waals surface area contributed by atoms with Crippen LogP contribution in [0.5, 0.6) is 0 Å². The lowest BCUT2D eigenvalue weighted by atomic mass is 10.1. The van der Waals surface area contributed by atoms with E-state index in [1.807, 2.05) is 6.08 Å². The van der Waals surface area contributed by atoms with Gasteiger partial charge in [-0.3, -0.25) is 0 Å². The summed E-state index contributed by atoms with van der Waals surface area (Å²) in [6.45, 7) is 20.4.